The molecule has 0 saturated heterocycles. The third-order valence-electron chi connectivity index (χ3n) is 4.87. The van der Waals surface area contributed by atoms with E-state index >= 15 is 0 Å². The van der Waals surface area contributed by atoms with Crippen LogP contribution >= 0.6 is 0 Å². The number of carbonyl (C=O) groups is 1. The number of hydrazone groups is 1. The zero-order valence-corrected chi connectivity index (χ0v) is 16.2. The third kappa shape index (κ3) is 4.09. The number of aromatic nitrogens is 2. The average molecular weight is 382 g/mol. The first-order valence-electron chi connectivity index (χ1n) is 9.65. The smallest absolute Gasteiger partial charge is 0.271 e. The fraction of sp³-hybridized carbons (Fsp3) is 0.125. The van der Waals surface area contributed by atoms with Crippen LogP contribution in [0.1, 0.15) is 34.8 Å². The molecule has 5 heteroatoms. The number of fused-ring (bicyclic) bond motifs is 1. The summed E-state index contributed by atoms with van der Waals surface area (Å²) in [6.45, 7) is 2.82. The van der Waals surface area contributed by atoms with Crippen LogP contribution in [0.15, 0.2) is 90.4 Å². The molecule has 5 nitrogen and oxygen atoms in total. The molecule has 0 fully saturated rings. The third-order valence-corrected chi connectivity index (χ3v) is 4.87. The standard InChI is InChI=1S/C24H22N4O/c1-2-22(26-27-24(29)19-12-14-25-15-13-19)21-17-28(16-18-8-4-3-5-9-18)23-11-7-6-10-20(21)23/h3-15,17H,2,16H2,1H3,(H,27,29). The van der Waals surface area contributed by atoms with Gasteiger partial charge in [0.15, 0.2) is 0 Å². The minimum atomic E-state index is -0.244. The fourth-order valence-corrected chi connectivity index (χ4v) is 3.40. The van der Waals surface area contributed by atoms with E-state index in [9.17, 15) is 4.79 Å². The molecule has 1 amide bonds. The van der Waals surface area contributed by atoms with E-state index < -0.39 is 0 Å². The van der Waals surface area contributed by atoms with E-state index in [4.69, 9.17) is 0 Å². The molecule has 0 aliphatic carbocycles. The summed E-state index contributed by atoms with van der Waals surface area (Å²) < 4.78 is 2.23. The number of rotatable bonds is 6. The molecule has 0 radical (unpaired) electrons. The maximum atomic E-state index is 12.4. The quantitative estimate of drug-likeness (QED) is 0.390. The van der Waals surface area contributed by atoms with Gasteiger partial charge in [0, 0.05) is 47.2 Å². The van der Waals surface area contributed by atoms with Gasteiger partial charge in [-0.2, -0.15) is 5.10 Å². The van der Waals surface area contributed by atoms with Crippen molar-refractivity contribution in [1.29, 1.82) is 0 Å². The molecule has 4 rings (SSSR count). The van der Waals surface area contributed by atoms with Crippen LogP contribution in [0, 0.1) is 0 Å². The van der Waals surface area contributed by atoms with Crippen molar-refractivity contribution in [3.05, 3.63) is 102 Å². The number of nitrogens with one attached hydrogen (secondary N) is 1. The first kappa shape index (κ1) is 18.6. The summed E-state index contributed by atoms with van der Waals surface area (Å²) >= 11 is 0. The summed E-state index contributed by atoms with van der Waals surface area (Å²) in [7, 11) is 0. The van der Waals surface area contributed by atoms with E-state index in [0.29, 0.717) is 12.0 Å². The Kier molecular flexibility index (Phi) is 5.47. The molecule has 0 unspecified atom stereocenters. The van der Waals surface area contributed by atoms with E-state index in [1.54, 1.807) is 24.5 Å². The summed E-state index contributed by atoms with van der Waals surface area (Å²) in [4.78, 5) is 16.3. The molecular weight excluding hydrogens is 360 g/mol. The van der Waals surface area contributed by atoms with E-state index in [-0.39, 0.29) is 5.91 Å². The lowest BCUT2D eigenvalue weighted by Gasteiger charge is -2.05. The van der Waals surface area contributed by atoms with Gasteiger partial charge in [-0.3, -0.25) is 9.78 Å². The van der Waals surface area contributed by atoms with Gasteiger partial charge in [0.1, 0.15) is 0 Å². The molecule has 0 saturated carbocycles. The molecule has 144 valence electrons. The Bertz CT molecular complexity index is 1150. The summed E-state index contributed by atoms with van der Waals surface area (Å²) in [5.41, 5.74) is 7.48. The highest BCUT2D eigenvalue weighted by molar-refractivity contribution is 6.11. The minimum Gasteiger partial charge on any atom is -0.342 e. The van der Waals surface area contributed by atoms with E-state index in [1.807, 2.05) is 25.1 Å². The monoisotopic (exact) mass is 382 g/mol. The van der Waals surface area contributed by atoms with Crippen molar-refractivity contribution < 1.29 is 4.79 Å². The molecule has 0 bridgehead atoms. The van der Waals surface area contributed by atoms with Crippen LogP contribution in [0.5, 0.6) is 0 Å². The minimum absolute atomic E-state index is 0.244. The number of para-hydroxylation sites is 1. The van der Waals surface area contributed by atoms with Crippen molar-refractivity contribution in [1.82, 2.24) is 15.0 Å². The van der Waals surface area contributed by atoms with Crippen LogP contribution in [-0.2, 0) is 6.54 Å². The number of benzene rings is 2. The highest BCUT2D eigenvalue weighted by Crippen LogP contribution is 2.24. The van der Waals surface area contributed by atoms with Gasteiger partial charge in [-0.1, -0.05) is 55.5 Å². The first-order chi connectivity index (χ1) is 14.3. The second-order valence-electron chi connectivity index (χ2n) is 6.76. The molecule has 0 aliphatic heterocycles. The van der Waals surface area contributed by atoms with E-state index in [2.05, 4.69) is 62.7 Å². The Hall–Kier alpha value is -3.73. The van der Waals surface area contributed by atoms with Crippen molar-refractivity contribution in [3.8, 4) is 0 Å². The van der Waals surface area contributed by atoms with Gasteiger partial charge in [-0.05, 0) is 30.2 Å². The summed E-state index contributed by atoms with van der Waals surface area (Å²) in [6.07, 6.45) is 6.02. The van der Waals surface area contributed by atoms with Gasteiger partial charge in [-0.15, -0.1) is 0 Å². The second-order valence-corrected chi connectivity index (χ2v) is 6.76. The SMILES string of the molecule is CCC(=NNC(=O)c1ccncc1)c1cn(Cc2ccccc2)c2ccccc12. The van der Waals surface area contributed by atoms with Gasteiger partial charge in [-0.25, -0.2) is 5.43 Å². The Morgan fingerprint density at radius 1 is 1.00 bits per heavy atom. The molecule has 2 aromatic carbocycles. The number of pyridine rings is 1. The van der Waals surface area contributed by atoms with Gasteiger partial charge >= 0.3 is 0 Å². The average Bonchev–Trinajstić information content (AvgIpc) is 3.14. The number of hydrogen-bond acceptors (Lipinski definition) is 3. The van der Waals surface area contributed by atoms with Gasteiger partial charge in [0.25, 0.3) is 5.91 Å². The molecule has 29 heavy (non-hydrogen) atoms. The van der Waals surface area contributed by atoms with Crippen molar-refractivity contribution in [2.24, 2.45) is 5.10 Å². The predicted molar refractivity (Wildman–Crippen MR) is 116 cm³/mol. The van der Waals surface area contributed by atoms with Crippen molar-refractivity contribution in [2.45, 2.75) is 19.9 Å². The highest BCUT2D eigenvalue weighted by Gasteiger charge is 2.13. The first-order valence-corrected chi connectivity index (χ1v) is 9.65. The zero-order chi connectivity index (χ0) is 20.1. The lowest BCUT2D eigenvalue weighted by Crippen LogP contribution is -2.19. The van der Waals surface area contributed by atoms with Crippen molar-refractivity contribution in [2.75, 3.05) is 0 Å². The second kappa shape index (κ2) is 8.52. The maximum absolute atomic E-state index is 12.4. The zero-order valence-electron chi connectivity index (χ0n) is 16.2. The lowest BCUT2D eigenvalue weighted by atomic mass is 10.1. The fourth-order valence-electron chi connectivity index (χ4n) is 3.40. The number of amides is 1. The van der Waals surface area contributed by atoms with Crippen LogP contribution < -0.4 is 5.43 Å². The number of nitrogens with zero attached hydrogens (tertiary/aromatic N) is 3. The van der Waals surface area contributed by atoms with Crippen LogP contribution in [0.3, 0.4) is 0 Å². The molecule has 0 aliphatic rings. The molecule has 4 aromatic rings. The van der Waals surface area contributed by atoms with Crippen LogP contribution in [0.4, 0.5) is 0 Å². The Morgan fingerprint density at radius 2 is 1.72 bits per heavy atom. The molecule has 2 heterocycles. The Labute approximate surface area is 169 Å². The topological polar surface area (TPSA) is 59.3 Å². The molecule has 2 aromatic heterocycles. The van der Waals surface area contributed by atoms with Gasteiger partial charge in [0.2, 0.25) is 0 Å². The normalized spacial score (nSPS) is 11.6. The Morgan fingerprint density at radius 3 is 2.48 bits per heavy atom. The van der Waals surface area contributed by atoms with Crippen LogP contribution in [-0.4, -0.2) is 21.2 Å². The van der Waals surface area contributed by atoms with Crippen LogP contribution in [0.25, 0.3) is 10.9 Å². The summed E-state index contributed by atoms with van der Waals surface area (Å²) in [5, 5.41) is 5.57. The molecule has 0 spiro atoms. The van der Waals surface area contributed by atoms with Gasteiger partial charge in [0.05, 0.1) is 5.71 Å². The summed E-state index contributed by atoms with van der Waals surface area (Å²) in [5.74, 6) is -0.244. The van der Waals surface area contributed by atoms with E-state index in [0.717, 1.165) is 28.7 Å². The lowest BCUT2D eigenvalue weighted by molar-refractivity contribution is 0.0954. The largest absolute Gasteiger partial charge is 0.342 e. The number of hydrogen-bond donors (Lipinski definition) is 1. The van der Waals surface area contributed by atoms with Crippen LogP contribution in [0.2, 0.25) is 0 Å². The van der Waals surface area contributed by atoms with Crippen molar-refractivity contribution >= 4 is 22.5 Å². The predicted octanol–water partition coefficient (Wildman–Crippen LogP) is 4.63. The molecule has 1 N–H and O–H groups in total. The highest BCUT2D eigenvalue weighted by atomic mass is 16.2. The van der Waals surface area contributed by atoms with Crippen molar-refractivity contribution in [3.63, 3.8) is 0 Å². The Balaban J connectivity index is 1.67. The number of carbonyl (C=O) groups excluding carboxylic acids is 1. The maximum Gasteiger partial charge on any atom is 0.271 e. The molecule has 0 atom stereocenters. The summed E-state index contributed by atoms with van der Waals surface area (Å²) in [6, 6.07) is 22.0. The van der Waals surface area contributed by atoms with E-state index in [1.165, 1.54) is 5.56 Å². The molecular formula is C24H22N4O. The van der Waals surface area contributed by atoms with Gasteiger partial charge < -0.3 is 4.57 Å².